The number of nitrogens with one attached hydrogen (secondary N) is 1. The van der Waals surface area contributed by atoms with Crippen LogP contribution in [0.15, 0.2) is 24.3 Å². The number of hydrogen-bond donors (Lipinski definition) is 1. The second kappa shape index (κ2) is 6.92. The molecule has 0 saturated carbocycles. The lowest BCUT2D eigenvalue weighted by molar-refractivity contribution is -0.130. The molecule has 1 aromatic carbocycles. The minimum absolute atomic E-state index is 0.147. The van der Waals surface area contributed by atoms with E-state index in [0.29, 0.717) is 12.5 Å². The van der Waals surface area contributed by atoms with Crippen molar-refractivity contribution in [3.63, 3.8) is 0 Å². The highest BCUT2D eigenvalue weighted by molar-refractivity contribution is 6.30. The fourth-order valence-corrected chi connectivity index (χ4v) is 2.62. The van der Waals surface area contributed by atoms with Crippen LogP contribution in [-0.2, 0) is 11.3 Å². The maximum atomic E-state index is 11.8. The van der Waals surface area contributed by atoms with Gasteiger partial charge in [-0.3, -0.25) is 4.79 Å². The van der Waals surface area contributed by atoms with Gasteiger partial charge in [0.15, 0.2) is 0 Å². The number of hydrogen-bond acceptors (Lipinski definition) is 2. The highest BCUT2D eigenvalue weighted by atomic mass is 35.5. The van der Waals surface area contributed by atoms with Crippen LogP contribution in [0.5, 0.6) is 0 Å². The van der Waals surface area contributed by atoms with Crippen LogP contribution in [-0.4, -0.2) is 30.4 Å². The first-order valence-corrected chi connectivity index (χ1v) is 7.23. The number of carbonyl (C=O) groups is 1. The molecule has 0 unspecified atom stereocenters. The molecule has 2 rings (SSSR count). The van der Waals surface area contributed by atoms with E-state index in [-0.39, 0.29) is 5.91 Å². The summed E-state index contributed by atoms with van der Waals surface area (Å²) in [5.41, 5.74) is 1.13. The summed E-state index contributed by atoms with van der Waals surface area (Å²) >= 11 is 5.88. The molecule has 1 saturated heterocycles. The lowest BCUT2D eigenvalue weighted by atomic mass is 9.97. The zero-order valence-corrected chi connectivity index (χ0v) is 12.1. The molecule has 1 amide bonds. The number of rotatable bonds is 4. The summed E-state index contributed by atoms with van der Waals surface area (Å²) in [6.45, 7) is 5.32. The van der Waals surface area contributed by atoms with E-state index in [1.165, 1.54) is 0 Å². The molecule has 19 heavy (non-hydrogen) atoms. The van der Waals surface area contributed by atoms with E-state index in [1.54, 1.807) is 6.92 Å². The van der Waals surface area contributed by atoms with Crippen LogP contribution in [0.25, 0.3) is 0 Å². The van der Waals surface area contributed by atoms with Gasteiger partial charge >= 0.3 is 0 Å². The largest absolute Gasteiger partial charge is 0.338 e. The first kappa shape index (κ1) is 14.4. The van der Waals surface area contributed by atoms with Crippen molar-refractivity contribution in [1.29, 1.82) is 0 Å². The van der Waals surface area contributed by atoms with Crippen molar-refractivity contribution in [2.45, 2.75) is 26.3 Å². The summed E-state index contributed by atoms with van der Waals surface area (Å²) in [6, 6.07) is 7.72. The smallest absolute Gasteiger partial charge is 0.219 e. The van der Waals surface area contributed by atoms with Gasteiger partial charge in [-0.2, -0.15) is 0 Å². The quantitative estimate of drug-likeness (QED) is 0.920. The van der Waals surface area contributed by atoms with Crippen LogP contribution in [0.2, 0.25) is 5.02 Å². The van der Waals surface area contributed by atoms with Crippen LogP contribution in [0.4, 0.5) is 0 Å². The Morgan fingerprint density at radius 3 is 2.53 bits per heavy atom. The van der Waals surface area contributed by atoms with Gasteiger partial charge in [-0.1, -0.05) is 23.7 Å². The second-order valence-electron chi connectivity index (χ2n) is 5.22. The van der Waals surface area contributed by atoms with Gasteiger partial charge < -0.3 is 10.2 Å². The Labute approximate surface area is 119 Å². The van der Waals surface area contributed by atoms with Crippen molar-refractivity contribution in [3.05, 3.63) is 34.9 Å². The van der Waals surface area contributed by atoms with Gasteiger partial charge in [0.1, 0.15) is 0 Å². The Kier molecular flexibility index (Phi) is 5.23. The van der Waals surface area contributed by atoms with Crippen LogP contribution >= 0.6 is 11.6 Å². The molecule has 1 heterocycles. The molecular formula is C15H21ClN2O. The standard InChI is InChI=1S/C15H21ClN2O/c1-12(19)18(11-14-6-8-17-9-7-14)10-13-2-4-15(16)5-3-13/h2-5,14,17H,6-11H2,1H3. The van der Waals surface area contributed by atoms with Crippen molar-refractivity contribution in [2.75, 3.05) is 19.6 Å². The van der Waals surface area contributed by atoms with Gasteiger partial charge in [-0.05, 0) is 49.5 Å². The number of benzene rings is 1. The molecule has 1 aliphatic heterocycles. The summed E-state index contributed by atoms with van der Waals surface area (Å²) in [4.78, 5) is 13.7. The molecule has 0 radical (unpaired) electrons. The molecule has 1 N–H and O–H groups in total. The highest BCUT2D eigenvalue weighted by Gasteiger charge is 2.18. The van der Waals surface area contributed by atoms with Crippen LogP contribution < -0.4 is 5.32 Å². The predicted octanol–water partition coefficient (Wildman–Crippen LogP) is 2.69. The van der Waals surface area contributed by atoms with Crippen LogP contribution in [0.3, 0.4) is 0 Å². The van der Waals surface area contributed by atoms with Crippen molar-refractivity contribution >= 4 is 17.5 Å². The molecular weight excluding hydrogens is 260 g/mol. The molecule has 0 spiro atoms. The number of nitrogens with zero attached hydrogens (tertiary/aromatic N) is 1. The Hall–Kier alpha value is -1.06. The SMILES string of the molecule is CC(=O)N(Cc1ccc(Cl)cc1)CC1CCNCC1. The molecule has 3 nitrogen and oxygen atoms in total. The van der Waals surface area contributed by atoms with E-state index in [9.17, 15) is 4.79 Å². The lowest BCUT2D eigenvalue weighted by Crippen LogP contribution is -2.38. The van der Waals surface area contributed by atoms with Crippen molar-refractivity contribution in [3.8, 4) is 0 Å². The zero-order valence-electron chi connectivity index (χ0n) is 11.4. The summed E-state index contributed by atoms with van der Waals surface area (Å²) in [7, 11) is 0. The molecule has 1 fully saturated rings. The number of amides is 1. The third-order valence-corrected chi connectivity index (χ3v) is 3.92. The van der Waals surface area contributed by atoms with Gasteiger partial charge in [0.2, 0.25) is 5.91 Å². The van der Waals surface area contributed by atoms with E-state index in [0.717, 1.165) is 43.1 Å². The van der Waals surface area contributed by atoms with Crippen LogP contribution in [0.1, 0.15) is 25.3 Å². The molecule has 0 atom stereocenters. The molecule has 0 aromatic heterocycles. The van der Waals surface area contributed by atoms with Gasteiger partial charge in [0.25, 0.3) is 0 Å². The maximum absolute atomic E-state index is 11.8. The Balaban J connectivity index is 1.95. The third kappa shape index (κ3) is 4.51. The van der Waals surface area contributed by atoms with E-state index >= 15 is 0 Å². The third-order valence-electron chi connectivity index (χ3n) is 3.67. The summed E-state index contributed by atoms with van der Waals surface area (Å²) in [6.07, 6.45) is 2.31. The highest BCUT2D eigenvalue weighted by Crippen LogP contribution is 2.16. The Morgan fingerprint density at radius 1 is 1.32 bits per heavy atom. The first-order valence-electron chi connectivity index (χ1n) is 6.86. The second-order valence-corrected chi connectivity index (χ2v) is 5.66. The summed E-state index contributed by atoms with van der Waals surface area (Å²) in [5, 5.41) is 4.09. The van der Waals surface area contributed by atoms with E-state index < -0.39 is 0 Å². The van der Waals surface area contributed by atoms with E-state index in [2.05, 4.69) is 5.32 Å². The van der Waals surface area contributed by atoms with Crippen molar-refractivity contribution < 1.29 is 4.79 Å². The van der Waals surface area contributed by atoms with Gasteiger partial charge in [0, 0.05) is 25.0 Å². The number of piperidine rings is 1. The Morgan fingerprint density at radius 2 is 1.95 bits per heavy atom. The minimum atomic E-state index is 0.147. The predicted molar refractivity (Wildman–Crippen MR) is 78.1 cm³/mol. The Bertz CT molecular complexity index is 413. The topological polar surface area (TPSA) is 32.3 Å². The molecule has 1 aliphatic rings. The van der Waals surface area contributed by atoms with Crippen molar-refractivity contribution in [1.82, 2.24) is 10.2 Å². The lowest BCUT2D eigenvalue weighted by Gasteiger charge is -2.29. The first-order chi connectivity index (χ1) is 9.15. The molecule has 0 aliphatic carbocycles. The van der Waals surface area contributed by atoms with E-state index in [1.807, 2.05) is 29.2 Å². The van der Waals surface area contributed by atoms with Gasteiger partial charge in [0.05, 0.1) is 0 Å². The minimum Gasteiger partial charge on any atom is -0.338 e. The summed E-state index contributed by atoms with van der Waals surface area (Å²) < 4.78 is 0. The number of carbonyl (C=O) groups excluding carboxylic acids is 1. The van der Waals surface area contributed by atoms with Gasteiger partial charge in [-0.15, -0.1) is 0 Å². The molecule has 4 heteroatoms. The monoisotopic (exact) mass is 280 g/mol. The normalized spacial score (nSPS) is 16.3. The van der Waals surface area contributed by atoms with Crippen LogP contribution in [0, 0.1) is 5.92 Å². The average Bonchev–Trinajstić information content (AvgIpc) is 2.41. The molecule has 104 valence electrons. The molecule has 1 aromatic rings. The van der Waals surface area contributed by atoms with Crippen molar-refractivity contribution in [2.24, 2.45) is 5.92 Å². The van der Waals surface area contributed by atoms with E-state index in [4.69, 9.17) is 11.6 Å². The zero-order chi connectivity index (χ0) is 13.7. The number of halogens is 1. The fourth-order valence-electron chi connectivity index (χ4n) is 2.49. The fraction of sp³-hybridized carbons (Fsp3) is 0.533. The maximum Gasteiger partial charge on any atom is 0.219 e. The van der Waals surface area contributed by atoms with Gasteiger partial charge in [-0.25, -0.2) is 0 Å². The molecule has 0 bridgehead atoms. The average molecular weight is 281 g/mol. The summed E-state index contributed by atoms with van der Waals surface area (Å²) in [5.74, 6) is 0.769.